The van der Waals surface area contributed by atoms with Gasteiger partial charge in [0.15, 0.2) is 0 Å². The average Bonchev–Trinajstić information content (AvgIpc) is 1.97. The molecular weight excluding hydrogens is 169 g/mol. The van der Waals surface area contributed by atoms with Gasteiger partial charge in [-0.25, -0.2) is 15.1 Å². The summed E-state index contributed by atoms with van der Waals surface area (Å²) in [5, 5.41) is 0. The quantitative estimate of drug-likeness (QED) is 0.483. The van der Waals surface area contributed by atoms with Crippen LogP contribution in [-0.4, -0.2) is 13.2 Å². The van der Waals surface area contributed by atoms with Crippen molar-refractivity contribution in [3.63, 3.8) is 0 Å². The lowest BCUT2D eigenvalue weighted by Gasteiger charge is -2.31. The molecule has 1 aliphatic rings. The summed E-state index contributed by atoms with van der Waals surface area (Å²) >= 11 is 0. The van der Waals surface area contributed by atoms with Crippen LogP contribution in [0, 0.1) is 5.41 Å². The van der Waals surface area contributed by atoms with E-state index >= 15 is 0 Å². The molecule has 6 heteroatoms. The summed E-state index contributed by atoms with van der Waals surface area (Å²) in [6.07, 6.45) is 0. The Kier molecular flexibility index (Phi) is 2.37. The van der Waals surface area contributed by atoms with Gasteiger partial charge in [-0.2, -0.15) is 0 Å². The average molecular weight is 181 g/mol. The maximum absolute atomic E-state index is 11.1. The van der Waals surface area contributed by atoms with Crippen molar-refractivity contribution in [2.75, 3.05) is 13.2 Å². The molecule has 1 fully saturated rings. The van der Waals surface area contributed by atoms with Crippen LogP contribution in [0.25, 0.3) is 0 Å². The summed E-state index contributed by atoms with van der Waals surface area (Å²) in [7, 11) is -3.40. The van der Waals surface area contributed by atoms with Crippen molar-refractivity contribution in [1.29, 1.82) is 0 Å². The number of phosphoric acid groups is 1. The summed E-state index contributed by atoms with van der Waals surface area (Å²) < 4.78 is 24.8. The minimum atomic E-state index is -3.40. The number of rotatable bonds is 1. The Labute approximate surface area is 65.4 Å². The highest BCUT2D eigenvalue weighted by atomic mass is 31.2. The normalized spacial score (nSPS) is 28.3. The fourth-order valence-corrected chi connectivity index (χ4v) is 1.86. The van der Waals surface area contributed by atoms with E-state index in [0.29, 0.717) is 13.2 Å². The molecule has 0 amide bonds. The van der Waals surface area contributed by atoms with Gasteiger partial charge in [0.25, 0.3) is 0 Å². The van der Waals surface area contributed by atoms with E-state index in [9.17, 15) is 4.57 Å². The Hall–Kier alpha value is 0.0700. The third kappa shape index (κ3) is 2.25. The fraction of sp³-hybridized carbons (Fsp3) is 1.00. The van der Waals surface area contributed by atoms with Crippen molar-refractivity contribution >= 4 is 7.82 Å². The Morgan fingerprint density at radius 3 is 2.27 bits per heavy atom. The van der Waals surface area contributed by atoms with Crippen LogP contribution in [0.2, 0.25) is 0 Å². The maximum atomic E-state index is 11.1. The van der Waals surface area contributed by atoms with Crippen LogP contribution in [0.5, 0.6) is 0 Å². The molecule has 1 rings (SSSR count). The molecular formula is C5H12NO4P. The summed E-state index contributed by atoms with van der Waals surface area (Å²) in [6, 6.07) is 0. The van der Waals surface area contributed by atoms with Gasteiger partial charge in [-0.05, 0) is 0 Å². The summed E-state index contributed by atoms with van der Waals surface area (Å²) in [6.45, 7) is 4.54. The highest BCUT2D eigenvalue weighted by Gasteiger charge is 2.37. The van der Waals surface area contributed by atoms with Gasteiger partial charge < -0.3 is 0 Å². The van der Waals surface area contributed by atoms with Crippen molar-refractivity contribution in [2.45, 2.75) is 13.8 Å². The lowest BCUT2D eigenvalue weighted by molar-refractivity contribution is 0.00106. The first-order valence-corrected chi connectivity index (χ1v) is 4.71. The molecule has 66 valence electrons. The molecule has 5 nitrogen and oxygen atoms in total. The van der Waals surface area contributed by atoms with Crippen molar-refractivity contribution in [2.24, 2.45) is 11.3 Å². The second-order valence-electron chi connectivity index (χ2n) is 3.26. The largest absolute Gasteiger partial charge is 0.491 e. The number of phosphoric ester groups is 1. The summed E-state index contributed by atoms with van der Waals surface area (Å²) in [5.74, 6) is 4.71. The molecule has 0 aromatic rings. The van der Waals surface area contributed by atoms with Gasteiger partial charge in [0.1, 0.15) is 0 Å². The van der Waals surface area contributed by atoms with Crippen molar-refractivity contribution < 1.29 is 18.2 Å². The molecule has 1 heterocycles. The van der Waals surface area contributed by atoms with Gasteiger partial charge in [-0.1, -0.05) is 13.8 Å². The standard InChI is InChI=1S/C5H12NO4P/c1-5(2)3-8-11(7,10-6)9-4-5/h3-4,6H2,1-2H3. The zero-order valence-corrected chi connectivity index (χ0v) is 7.47. The van der Waals surface area contributed by atoms with E-state index in [4.69, 9.17) is 14.9 Å². The molecule has 0 unspecified atom stereocenters. The second-order valence-corrected chi connectivity index (χ2v) is 4.89. The molecule has 0 aromatic heterocycles. The highest BCUT2D eigenvalue weighted by Crippen LogP contribution is 2.52. The van der Waals surface area contributed by atoms with Crippen LogP contribution in [0.4, 0.5) is 0 Å². The van der Waals surface area contributed by atoms with Crippen LogP contribution in [-0.2, 0) is 18.2 Å². The first-order valence-electron chi connectivity index (χ1n) is 3.25. The van der Waals surface area contributed by atoms with Gasteiger partial charge >= 0.3 is 7.82 Å². The molecule has 0 aliphatic carbocycles. The van der Waals surface area contributed by atoms with Crippen LogP contribution in [0.3, 0.4) is 0 Å². The van der Waals surface area contributed by atoms with E-state index in [1.165, 1.54) is 0 Å². The second kappa shape index (κ2) is 2.84. The Bertz CT molecular complexity index is 179. The van der Waals surface area contributed by atoms with E-state index in [0.717, 1.165) is 0 Å². The molecule has 0 aromatic carbocycles. The number of nitrogens with two attached hydrogens (primary N) is 1. The van der Waals surface area contributed by atoms with Crippen molar-refractivity contribution in [3.05, 3.63) is 0 Å². The van der Waals surface area contributed by atoms with Gasteiger partial charge in [0, 0.05) is 5.41 Å². The van der Waals surface area contributed by atoms with Gasteiger partial charge in [0.2, 0.25) is 0 Å². The summed E-state index contributed by atoms with van der Waals surface area (Å²) in [5.41, 5.74) is -0.119. The Balaban J connectivity index is 2.55. The molecule has 1 saturated heterocycles. The van der Waals surface area contributed by atoms with E-state index < -0.39 is 7.82 Å². The molecule has 0 saturated carbocycles. The molecule has 0 atom stereocenters. The zero-order valence-electron chi connectivity index (χ0n) is 6.57. The van der Waals surface area contributed by atoms with Crippen LogP contribution in [0.1, 0.15) is 13.8 Å². The Morgan fingerprint density at radius 1 is 1.45 bits per heavy atom. The van der Waals surface area contributed by atoms with Crippen molar-refractivity contribution in [3.8, 4) is 0 Å². The van der Waals surface area contributed by atoms with Gasteiger partial charge in [-0.15, -0.1) is 0 Å². The van der Waals surface area contributed by atoms with E-state index in [-0.39, 0.29) is 5.41 Å². The predicted octanol–water partition coefficient (Wildman–Crippen LogP) is 1.06. The van der Waals surface area contributed by atoms with E-state index in [1.807, 2.05) is 13.8 Å². The molecule has 1 aliphatic heterocycles. The molecule has 11 heavy (non-hydrogen) atoms. The third-order valence-electron chi connectivity index (χ3n) is 1.36. The smallest absolute Gasteiger partial charge is 0.285 e. The zero-order chi connectivity index (χ0) is 8.54. The van der Waals surface area contributed by atoms with Crippen LogP contribution in [0.15, 0.2) is 0 Å². The first kappa shape index (κ1) is 9.16. The molecule has 0 bridgehead atoms. The maximum Gasteiger partial charge on any atom is 0.491 e. The first-order chi connectivity index (χ1) is 4.97. The van der Waals surface area contributed by atoms with Crippen LogP contribution < -0.4 is 5.90 Å². The number of hydrogen-bond donors (Lipinski definition) is 1. The number of hydrogen-bond acceptors (Lipinski definition) is 5. The monoisotopic (exact) mass is 181 g/mol. The SMILES string of the molecule is CC1(C)COP(=O)(ON)OC1. The Morgan fingerprint density at radius 2 is 1.91 bits per heavy atom. The minimum Gasteiger partial charge on any atom is -0.285 e. The van der Waals surface area contributed by atoms with Crippen molar-refractivity contribution in [1.82, 2.24) is 0 Å². The van der Waals surface area contributed by atoms with Gasteiger partial charge in [-0.3, -0.25) is 9.05 Å². The molecule has 0 spiro atoms. The topological polar surface area (TPSA) is 70.8 Å². The predicted molar refractivity (Wildman–Crippen MR) is 38.6 cm³/mol. The highest BCUT2D eigenvalue weighted by molar-refractivity contribution is 7.48. The lowest BCUT2D eigenvalue weighted by atomic mass is 9.97. The van der Waals surface area contributed by atoms with E-state index in [1.54, 1.807) is 0 Å². The van der Waals surface area contributed by atoms with Gasteiger partial charge in [0.05, 0.1) is 13.2 Å². The fourth-order valence-electron chi connectivity index (χ4n) is 0.647. The minimum absolute atomic E-state index is 0.119. The summed E-state index contributed by atoms with van der Waals surface area (Å²) in [4.78, 5) is 0. The van der Waals surface area contributed by atoms with Crippen LogP contribution >= 0.6 is 7.82 Å². The molecule has 0 radical (unpaired) electrons. The third-order valence-corrected chi connectivity index (χ3v) is 2.50. The molecule has 2 N–H and O–H groups in total. The lowest BCUT2D eigenvalue weighted by Crippen LogP contribution is -2.30. The van der Waals surface area contributed by atoms with E-state index in [2.05, 4.69) is 4.62 Å².